The van der Waals surface area contributed by atoms with Gasteiger partial charge in [0.15, 0.2) is 0 Å². The molecule has 0 aliphatic carbocycles. The minimum absolute atomic E-state index is 0.00351. The molecule has 1 N–H and O–H groups in total. The van der Waals surface area contributed by atoms with Crippen molar-refractivity contribution in [1.29, 1.82) is 0 Å². The van der Waals surface area contributed by atoms with Crippen molar-refractivity contribution in [2.24, 2.45) is 0 Å². The summed E-state index contributed by atoms with van der Waals surface area (Å²) in [4.78, 5) is 29.2. The molecule has 0 spiro atoms. The molecule has 2 atom stereocenters. The van der Waals surface area contributed by atoms with Gasteiger partial charge >= 0.3 is 6.09 Å². The molecule has 1 aromatic heterocycles. The van der Waals surface area contributed by atoms with Gasteiger partial charge in [-0.2, -0.15) is 0 Å². The molecule has 2 aliphatic rings. The number of anilines is 1. The monoisotopic (exact) mass is 440 g/mol. The summed E-state index contributed by atoms with van der Waals surface area (Å²) in [6.07, 6.45) is 0.428. The maximum absolute atomic E-state index is 12.9. The first-order chi connectivity index (χ1) is 15.1. The molecule has 8 nitrogen and oxygen atoms in total. The summed E-state index contributed by atoms with van der Waals surface area (Å²) in [6.45, 7) is 12.3. The molecule has 4 rings (SSSR count). The number of nitrogens with zero attached hydrogens (tertiary/aromatic N) is 5. The van der Waals surface area contributed by atoms with Crippen LogP contribution < -0.4 is 10.2 Å². The maximum Gasteiger partial charge on any atom is 0.410 e. The first kappa shape index (κ1) is 21.3. The van der Waals surface area contributed by atoms with Gasteiger partial charge in [0.05, 0.1) is 5.69 Å². The molecule has 0 bridgehead atoms. The molecule has 0 unspecified atom stereocenters. The van der Waals surface area contributed by atoms with Crippen LogP contribution in [0.1, 0.15) is 23.7 Å². The van der Waals surface area contributed by atoms with Gasteiger partial charge in [0.2, 0.25) is 11.8 Å². The van der Waals surface area contributed by atoms with Crippen molar-refractivity contribution >= 4 is 23.5 Å². The Kier molecular flexibility index (Phi) is 6.54. The fourth-order valence-electron chi connectivity index (χ4n) is 4.17. The highest BCUT2D eigenvalue weighted by Crippen LogP contribution is 2.30. The summed E-state index contributed by atoms with van der Waals surface area (Å²) >= 11 is 6.22. The summed E-state index contributed by atoms with van der Waals surface area (Å²) in [5.41, 5.74) is 2.94. The second-order valence-electron chi connectivity index (χ2n) is 7.86. The third-order valence-electron chi connectivity index (χ3n) is 5.74. The molecule has 162 valence electrons. The van der Waals surface area contributed by atoms with E-state index in [4.69, 9.17) is 22.9 Å². The number of piperazine rings is 1. The van der Waals surface area contributed by atoms with Crippen LogP contribution in [0.15, 0.2) is 30.3 Å². The van der Waals surface area contributed by atoms with Crippen LogP contribution in [0, 0.1) is 6.57 Å². The van der Waals surface area contributed by atoms with Crippen molar-refractivity contribution in [3.63, 3.8) is 0 Å². The number of carbonyl (C=O) groups is 1. The number of nitrogens with one attached hydrogen (secondary N) is 1. The SMILES string of the molecule is [C-]#[N+]C[C@H]1CN(c2nc(Cl)nc3c2CCNC3)[C@H](C)CN1C(=O)OCc1ccccc1. The minimum Gasteiger partial charge on any atom is -0.445 e. The number of hydrogen-bond donors (Lipinski definition) is 1. The Labute approximate surface area is 187 Å². The Hall–Kier alpha value is -2.89. The Morgan fingerprint density at radius 1 is 1.32 bits per heavy atom. The van der Waals surface area contributed by atoms with Crippen LogP contribution in [0.5, 0.6) is 0 Å². The third-order valence-corrected chi connectivity index (χ3v) is 5.91. The molecule has 1 amide bonds. The number of hydrogen-bond acceptors (Lipinski definition) is 6. The van der Waals surface area contributed by atoms with Crippen molar-refractivity contribution in [2.45, 2.75) is 38.6 Å². The van der Waals surface area contributed by atoms with Crippen molar-refractivity contribution in [2.75, 3.05) is 31.1 Å². The number of amides is 1. The summed E-state index contributed by atoms with van der Waals surface area (Å²) in [7, 11) is 0. The minimum atomic E-state index is -0.393. The predicted octanol–water partition coefficient (Wildman–Crippen LogP) is 2.91. The second-order valence-corrected chi connectivity index (χ2v) is 8.19. The summed E-state index contributed by atoms with van der Waals surface area (Å²) in [5.74, 6) is 0.816. The zero-order valence-corrected chi connectivity index (χ0v) is 18.2. The standard InChI is InChI=1S/C22H25ClN6O2/c1-15-12-29(22(30)31-14-16-6-4-3-5-7-16)17(10-24-2)13-28(15)20-18-8-9-25-11-19(18)26-21(23)27-20/h3-7,15,17,25H,8-14H2,1H3/t15-,17+/m1/s1. The van der Waals surface area contributed by atoms with E-state index in [1.54, 1.807) is 4.90 Å². The van der Waals surface area contributed by atoms with E-state index in [-0.39, 0.29) is 30.5 Å². The van der Waals surface area contributed by atoms with Crippen LogP contribution in [-0.4, -0.2) is 59.2 Å². The highest BCUT2D eigenvalue weighted by atomic mass is 35.5. The van der Waals surface area contributed by atoms with Gasteiger partial charge in [0.1, 0.15) is 18.5 Å². The van der Waals surface area contributed by atoms with Gasteiger partial charge in [-0.25, -0.2) is 21.3 Å². The second kappa shape index (κ2) is 9.50. The predicted molar refractivity (Wildman–Crippen MR) is 118 cm³/mol. The van der Waals surface area contributed by atoms with Gasteiger partial charge in [-0.3, -0.25) is 4.90 Å². The van der Waals surface area contributed by atoms with E-state index >= 15 is 0 Å². The lowest BCUT2D eigenvalue weighted by Crippen LogP contribution is -2.60. The van der Waals surface area contributed by atoms with E-state index in [9.17, 15) is 4.79 Å². The largest absolute Gasteiger partial charge is 0.445 e. The van der Waals surface area contributed by atoms with Crippen molar-refractivity contribution in [1.82, 2.24) is 20.2 Å². The fourth-order valence-corrected chi connectivity index (χ4v) is 4.35. The number of aromatic nitrogens is 2. The van der Waals surface area contributed by atoms with Gasteiger partial charge in [-0.15, -0.1) is 0 Å². The van der Waals surface area contributed by atoms with E-state index in [1.807, 2.05) is 30.3 Å². The van der Waals surface area contributed by atoms with Gasteiger partial charge in [0, 0.05) is 31.2 Å². The summed E-state index contributed by atoms with van der Waals surface area (Å²) in [5, 5.41) is 3.53. The average molecular weight is 441 g/mol. The third kappa shape index (κ3) is 4.73. The van der Waals surface area contributed by atoms with Crippen LogP contribution in [0.2, 0.25) is 5.28 Å². The van der Waals surface area contributed by atoms with E-state index in [0.717, 1.165) is 35.6 Å². The van der Waals surface area contributed by atoms with Crippen molar-refractivity contribution in [3.05, 3.63) is 63.9 Å². The van der Waals surface area contributed by atoms with Crippen LogP contribution >= 0.6 is 11.6 Å². The van der Waals surface area contributed by atoms with E-state index in [0.29, 0.717) is 19.6 Å². The fraction of sp³-hybridized carbons (Fsp3) is 0.455. The van der Waals surface area contributed by atoms with E-state index in [2.05, 4.69) is 32.0 Å². The quantitative estimate of drug-likeness (QED) is 0.582. The lowest BCUT2D eigenvalue weighted by Gasteiger charge is -2.44. The van der Waals surface area contributed by atoms with Gasteiger partial charge < -0.3 is 19.8 Å². The number of ether oxygens (including phenoxy) is 1. The zero-order chi connectivity index (χ0) is 21.8. The molecular weight excluding hydrogens is 416 g/mol. The van der Waals surface area contributed by atoms with Crippen LogP contribution in [0.4, 0.5) is 10.6 Å². The molecular formula is C22H25ClN6O2. The van der Waals surface area contributed by atoms with Crippen molar-refractivity contribution in [3.8, 4) is 0 Å². The molecule has 9 heteroatoms. The molecule has 31 heavy (non-hydrogen) atoms. The van der Waals surface area contributed by atoms with E-state index < -0.39 is 6.09 Å². The molecule has 0 saturated carbocycles. The Balaban J connectivity index is 1.53. The number of fused-ring (bicyclic) bond motifs is 1. The topological polar surface area (TPSA) is 75.0 Å². The first-order valence-electron chi connectivity index (χ1n) is 10.4. The smallest absolute Gasteiger partial charge is 0.410 e. The molecule has 1 fully saturated rings. The van der Waals surface area contributed by atoms with E-state index in [1.165, 1.54) is 0 Å². The number of rotatable bonds is 4. The summed E-state index contributed by atoms with van der Waals surface area (Å²) in [6, 6.07) is 9.29. The molecule has 2 aromatic rings. The number of halogens is 1. The average Bonchev–Trinajstić information content (AvgIpc) is 2.78. The lowest BCUT2D eigenvalue weighted by atomic mass is 10.0. The van der Waals surface area contributed by atoms with Gasteiger partial charge in [0.25, 0.3) is 0 Å². The Morgan fingerprint density at radius 2 is 2.13 bits per heavy atom. The van der Waals surface area contributed by atoms with Gasteiger partial charge in [-0.1, -0.05) is 30.3 Å². The number of carbonyl (C=O) groups excluding carboxylic acids is 1. The Bertz CT molecular complexity index is 980. The highest BCUT2D eigenvalue weighted by Gasteiger charge is 2.39. The maximum atomic E-state index is 12.9. The highest BCUT2D eigenvalue weighted by molar-refractivity contribution is 6.28. The first-order valence-corrected chi connectivity index (χ1v) is 10.8. The van der Waals surface area contributed by atoms with Gasteiger partial charge in [-0.05, 0) is 37.1 Å². The molecule has 3 heterocycles. The van der Waals surface area contributed by atoms with Crippen LogP contribution in [0.25, 0.3) is 4.85 Å². The summed E-state index contributed by atoms with van der Waals surface area (Å²) < 4.78 is 5.55. The Morgan fingerprint density at radius 3 is 2.90 bits per heavy atom. The van der Waals surface area contributed by atoms with Crippen LogP contribution in [0.3, 0.4) is 0 Å². The molecule has 2 aliphatic heterocycles. The van der Waals surface area contributed by atoms with Crippen LogP contribution in [-0.2, 0) is 24.3 Å². The molecule has 1 saturated heterocycles. The molecule has 1 aromatic carbocycles. The normalized spacial score (nSPS) is 20.7. The van der Waals surface area contributed by atoms with Crippen molar-refractivity contribution < 1.29 is 9.53 Å². The lowest BCUT2D eigenvalue weighted by molar-refractivity contribution is 0.0731. The molecule has 0 radical (unpaired) electrons. The number of benzene rings is 1. The zero-order valence-electron chi connectivity index (χ0n) is 17.4.